The second-order valence-electron chi connectivity index (χ2n) is 6.48. The number of amides is 1. The fourth-order valence-electron chi connectivity index (χ4n) is 2.93. The Hall–Kier alpha value is -0.870. The van der Waals surface area contributed by atoms with Gasteiger partial charge < -0.3 is 10.2 Å². The maximum absolute atomic E-state index is 12.7. The topological polar surface area (TPSA) is 32.3 Å². The number of hydrogen-bond donors (Lipinski definition) is 1. The van der Waals surface area contributed by atoms with Crippen LogP contribution in [0.25, 0.3) is 0 Å². The Morgan fingerprint density at radius 1 is 1.45 bits per heavy atom. The van der Waals surface area contributed by atoms with E-state index in [1.807, 2.05) is 17.5 Å². The number of nitrogens with zero attached hydrogens (tertiary/aromatic N) is 1. The summed E-state index contributed by atoms with van der Waals surface area (Å²) in [5, 5.41) is 5.60. The van der Waals surface area contributed by atoms with Crippen molar-refractivity contribution in [3.05, 3.63) is 22.4 Å². The molecule has 1 amide bonds. The number of piperazine rings is 1. The van der Waals surface area contributed by atoms with Crippen LogP contribution in [0.5, 0.6) is 0 Å². The second kappa shape index (κ2) is 6.72. The van der Waals surface area contributed by atoms with E-state index in [9.17, 15) is 4.79 Å². The minimum Gasteiger partial charge on any atom is -0.332 e. The van der Waals surface area contributed by atoms with Crippen LogP contribution >= 0.6 is 11.3 Å². The van der Waals surface area contributed by atoms with Gasteiger partial charge >= 0.3 is 0 Å². The van der Waals surface area contributed by atoms with E-state index in [0.29, 0.717) is 23.9 Å². The lowest BCUT2D eigenvalue weighted by Crippen LogP contribution is -2.60. The summed E-state index contributed by atoms with van der Waals surface area (Å²) in [5.41, 5.74) is 0. The van der Waals surface area contributed by atoms with Crippen molar-refractivity contribution in [2.75, 3.05) is 13.1 Å². The van der Waals surface area contributed by atoms with Crippen molar-refractivity contribution >= 4 is 17.2 Å². The van der Waals surface area contributed by atoms with E-state index in [-0.39, 0.29) is 5.91 Å². The van der Waals surface area contributed by atoms with E-state index >= 15 is 0 Å². The van der Waals surface area contributed by atoms with Gasteiger partial charge in [-0.1, -0.05) is 33.8 Å². The van der Waals surface area contributed by atoms with Crippen LogP contribution in [0.4, 0.5) is 0 Å². The fraction of sp³-hybridized carbons (Fsp3) is 0.688. The third-order valence-corrected chi connectivity index (χ3v) is 4.81. The highest BCUT2D eigenvalue weighted by Gasteiger charge is 2.33. The van der Waals surface area contributed by atoms with Gasteiger partial charge in [-0.05, 0) is 29.7 Å². The van der Waals surface area contributed by atoms with Gasteiger partial charge in [0.05, 0.1) is 4.88 Å². The molecular formula is C16H26N2OS. The summed E-state index contributed by atoms with van der Waals surface area (Å²) in [6.45, 7) is 10.6. The standard InChI is InChI=1S/C16H26N2OS/c1-11(2)8-13-10-18(14(9-17-13)12(3)4)16(19)15-6-5-7-20-15/h5-7,11-14,17H,8-10H2,1-4H3. The zero-order valence-electron chi connectivity index (χ0n) is 12.9. The molecule has 0 radical (unpaired) electrons. The Morgan fingerprint density at radius 2 is 2.20 bits per heavy atom. The van der Waals surface area contributed by atoms with Gasteiger partial charge in [0.25, 0.3) is 5.91 Å². The van der Waals surface area contributed by atoms with Crippen LogP contribution in [0.15, 0.2) is 17.5 Å². The van der Waals surface area contributed by atoms with Gasteiger partial charge in [-0.2, -0.15) is 0 Å². The van der Waals surface area contributed by atoms with Crippen molar-refractivity contribution in [1.82, 2.24) is 10.2 Å². The number of thiophene rings is 1. The van der Waals surface area contributed by atoms with Gasteiger partial charge in [-0.15, -0.1) is 11.3 Å². The summed E-state index contributed by atoms with van der Waals surface area (Å²) in [5.74, 6) is 1.34. The minimum absolute atomic E-state index is 0.203. The Kier molecular flexibility index (Phi) is 5.22. The monoisotopic (exact) mass is 294 g/mol. The van der Waals surface area contributed by atoms with Crippen LogP contribution < -0.4 is 5.32 Å². The lowest BCUT2D eigenvalue weighted by Gasteiger charge is -2.42. The number of carbonyl (C=O) groups excluding carboxylic acids is 1. The lowest BCUT2D eigenvalue weighted by molar-refractivity contribution is 0.0500. The normalized spacial score (nSPS) is 23.6. The van der Waals surface area contributed by atoms with Crippen LogP contribution in [0.2, 0.25) is 0 Å². The second-order valence-corrected chi connectivity index (χ2v) is 7.43. The van der Waals surface area contributed by atoms with E-state index in [0.717, 1.165) is 24.4 Å². The highest BCUT2D eigenvalue weighted by Crippen LogP contribution is 2.22. The van der Waals surface area contributed by atoms with Gasteiger partial charge in [-0.25, -0.2) is 0 Å². The summed E-state index contributed by atoms with van der Waals surface area (Å²) < 4.78 is 0. The summed E-state index contributed by atoms with van der Waals surface area (Å²) in [4.78, 5) is 15.7. The van der Waals surface area contributed by atoms with E-state index in [1.54, 1.807) is 11.3 Å². The van der Waals surface area contributed by atoms with Crippen molar-refractivity contribution in [2.24, 2.45) is 11.8 Å². The van der Waals surface area contributed by atoms with Gasteiger partial charge in [-0.3, -0.25) is 4.79 Å². The molecule has 0 bridgehead atoms. The third-order valence-electron chi connectivity index (χ3n) is 3.95. The Balaban J connectivity index is 2.12. The Bertz CT molecular complexity index is 428. The molecule has 0 aromatic carbocycles. The highest BCUT2D eigenvalue weighted by molar-refractivity contribution is 7.12. The molecule has 1 saturated heterocycles. The highest BCUT2D eigenvalue weighted by atomic mass is 32.1. The van der Waals surface area contributed by atoms with Crippen LogP contribution in [0.1, 0.15) is 43.8 Å². The smallest absolute Gasteiger partial charge is 0.264 e. The maximum Gasteiger partial charge on any atom is 0.264 e. The number of rotatable bonds is 4. The first kappa shape index (κ1) is 15.5. The summed E-state index contributed by atoms with van der Waals surface area (Å²) in [6, 6.07) is 4.61. The first-order valence-electron chi connectivity index (χ1n) is 7.57. The van der Waals surface area contributed by atoms with E-state index in [2.05, 4.69) is 37.9 Å². The van der Waals surface area contributed by atoms with Crippen LogP contribution in [-0.4, -0.2) is 36.0 Å². The quantitative estimate of drug-likeness (QED) is 0.924. The summed E-state index contributed by atoms with van der Waals surface area (Å²) in [7, 11) is 0. The molecule has 2 atom stereocenters. The minimum atomic E-state index is 0.203. The molecule has 1 N–H and O–H groups in total. The molecule has 3 nitrogen and oxygen atoms in total. The molecule has 0 spiro atoms. The summed E-state index contributed by atoms with van der Waals surface area (Å²) >= 11 is 1.54. The van der Waals surface area contributed by atoms with Crippen LogP contribution in [0.3, 0.4) is 0 Å². The van der Waals surface area contributed by atoms with Crippen LogP contribution in [-0.2, 0) is 0 Å². The molecule has 0 saturated carbocycles. The largest absolute Gasteiger partial charge is 0.332 e. The molecule has 2 rings (SSSR count). The molecule has 4 heteroatoms. The lowest BCUT2D eigenvalue weighted by atomic mass is 9.95. The zero-order valence-corrected chi connectivity index (χ0v) is 13.7. The zero-order chi connectivity index (χ0) is 14.7. The summed E-state index contributed by atoms with van der Waals surface area (Å²) in [6.07, 6.45) is 1.12. The van der Waals surface area contributed by atoms with Gasteiger partial charge in [0.15, 0.2) is 0 Å². The number of nitrogens with one attached hydrogen (secondary N) is 1. The molecule has 1 fully saturated rings. The molecule has 1 aliphatic rings. The molecule has 112 valence electrons. The number of hydrogen-bond acceptors (Lipinski definition) is 3. The molecular weight excluding hydrogens is 268 g/mol. The predicted molar refractivity (Wildman–Crippen MR) is 85.2 cm³/mol. The van der Waals surface area contributed by atoms with E-state index < -0.39 is 0 Å². The first-order valence-corrected chi connectivity index (χ1v) is 8.44. The molecule has 1 aromatic rings. The fourth-order valence-corrected chi connectivity index (χ4v) is 3.61. The molecule has 20 heavy (non-hydrogen) atoms. The van der Waals surface area contributed by atoms with Crippen molar-refractivity contribution in [3.63, 3.8) is 0 Å². The van der Waals surface area contributed by atoms with Gasteiger partial charge in [0, 0.05) is 25.2 Å². The Labute approximate surface area is 126 Å². The van der Waals surface area contributed by atoms with Crippen molar-refractivity contribution in [2.45, 2.75) is 46.2 Å². The van der Waals surface area contributed by atoms with E-state index in [1.165, 1.54) is 0 Å². The molecule has 0 aliphatic carbocycles. The van der Waals surface area contributed by atoms with Crippen molar-refractivity contribution < 1.29 is 4.79 Å². The SMILES string of the molecule is CC(C)CC1CN(C(=O)c2cccs2)C(C(C)C)CN1. The van der Waals surface area contributed by atoms with Gasteiger partial charge in [0.1, 0.15) is 0 Å². The predicted octanol–water partition coefficient (Wildman–Crippen LogP) is 3.23. The van der Waals surface area contributed by atoms with Crippen molar-refractivity contribution in [3.8, 4) is 0 Å². The average Bonchev–Trinajstić information content (AvgIpc) is 2.90. The number of carbonyl (C=O) groups is 1. The molecule has 1 aliphatic heterocycles. The first-order chi connectivity index (χ1) is 9.49. The molecule has 1 aromatic heterocycles. The van der Waals surface area contributed by atoms with E-state index in [4.69, 9.17) is 0 Å². The van der Waals surface area contributed by atoms with Crippen LogP contribution in [0, 0.1) is 11.8 Å². The third kappa shape index (κ3) is 3.61. The Morgan fingerprint density at radius 3 is 2.75 bits per heavy atom. The molecule has 2 heterocycles. The maximum atomic E-state index is 12.7. The molecule has 2 unspecified atom stereocenters. The van der Waals surface area contributed by atoms with Gasteiger partial charge in [0.2, 0.25) is 0 Å². The average molecular weight is 294 g/mol. The van der Waals surface area contributed by atoms with Crippen molar-refractivity contribution in [1.29, 1.82) is 0 Å².